The van der Waals surface area contributed by atoms with Crippen LogP contribution < -0.4 is 4.74 Å². The molecule has 0 aliphatic carbocycles. The van der Waals surface area contributed by atoms with Crippen molar-refractivity contribution in [3.05, 3.63) is 29.8 Å². The van der Waals surface area contributed by atoms with Crippen molar-refractivity contribution in [2.45, 2.75) is 0 Å². The first kappa shape index (κ1) is 14.0. The number of carboxylic acids is 1. The van der Waals surface area contributed by atoms with Crippen LogP contribution >= 0.6 is 0 Å². The van der Waals surface area contributed by atoms with E-state index in [1.54, 1.807) is 12.1 Å². The third-order valence-electron chi connectivity index (χ3n) is 1.62. The predicted molar refractivity (Wildman–Crippen MR) is 58.5 cm³/mol. The van der Waals surface area contributed by atoms with E-state index in [1.165, 1.54) is 19.3 Å². The fourth-order valence-corrected chi connectivity index (χ4v) is 0.965. The second-order valence-electron chi connectivity index (χ2n) is 2.60. The molecule has 0 unspecified atom stereocenters. The number of aromatic hydroxyl groups is 1. The molecule has 1 aromatic rings. The molecule has 0 spiro atoms. The third-order valence-corrected chi connectivity index (χ3v) is 1.62. The molecule has 0 radical (unpaired) electrons. The molecular formula is C10H11NaO4. The monoisotopic (exact) mass is 218 g/mol. The number of benzene rings is 1. The van der Waals surface area contributed by atoms with E-state index in [9.17, 15) is 9.90 Å². The van der Waals surface area contributed by atoms with Crippen LogP contribution in [-0.4, -0.2) is 52.8 Å². The average molecular weight is 218 g/mol. The van der Waals surface area contributed by atoms with Crippen molar-refractivity contribution >= 4 is 41.6 Å². The maximum atomic E-state index is 10.2. The summed E-state index contributed by atoms with van der Waals surface area (Å²) in [6, 6.07) is 4.59. The minimum absolute atomic E-state index is 0. The SMILES string of the molecule is COc1cc(C=CC(=O)O)ccc1O.[NaH]. The molecule has 1 aromatic carbocycles. The summed E-state index contributed by atoms with van der Waals surface area (Å²) in [7, 11) is 1.43. The Morgan fingerprint density at radius 3 is 2.67 bits per heavy atom. The number of phenols is 1. The summed E-state index contributed by atoms with van der Waals surface area (Å²) in [5.74, 6) is -0.672. The van der Waals surface area contributed by atoms with E-state index in [4.69, 9.17) is 9.84 Å². The number of hydrogen-bond donors (Lipinski definition) is 2. The van der Waals surface area contributed by atoms with Crippen LogP contribution in [-0.2, 0) is 4.79 Å². The molecule has 0 aliphatic heterocycles. The van der Waals surface area contributed by atoms with Gasteiger partial charge in [-0.1, -0.05) is 6.07 Å². The van der Waals surface area contributed by atoms with Gasteiger partial charge in [-0.05, 0) is 23.8 Å². The van der Waals surface area contributed by atoms with Gasteiger partial charge in [0.2, 0.25) is 0 Å². The molecule has 5 heteroatoms. The van der Waals surface area contributed by atoms with Gasteiger partial charge >= 0.3 is 35.5 Å². The van der Waals surface area contributed by atoms with Crippen molar-refractivity contribution in [3.63, 3.8) is 0 Å². The number of hydrogen-bond acceptors (Lipinski definition) is 3. The number of rotatable bonds is 3. The van der Waals surface area contributed by atoms with Crippen LogP contribution in [0.5, 0.6) is 11.5 Å². The topological polar surface area (TPSA) is 66.8 Å². The summed E-state index contributed by atoms with van der Waals surface area (Å²) < 4.78 is 4.86. The zero-order chi connectivity index (χ0) is 10.6. The third kappa shape index (κ3) is 4.38. The molecule has 0 saturated carbocycles. The van der Waals surface area contributed by atoms with Crippen LogP contribution in [0.25, 0.3) is 6.08 Å². The van der Waals surface area contributed by atoms with Gasteiger partial charge in [-0.2, -0.15) is 0 Å². The Morgan fingerprint density at radius 1 is 1.47 bits per heavy atom. The Bertz CT molecular complexity index is 374. The maximum absolute atomic E-state index is 10.2. The van der Waals surface area contributed by atoms with Gasteiger partial charge in [0.05, 0.1) is 7.11 Å². The summed E-state index contributed by atoms with van der Waals surface area (Å²) in [4.78, 5) is 10.2. The van der Waals surface area contributed by atoms with E-state index in [0.29, 0.717) is 11.3 Å². The standard InChI is InChI=1S/C10H10O4.Na.H/c1-14-9-6-7(2-4-8(9)11)3-5-10(12)13;;/h2-6,11H,1H3,(H,12,13);;. The van der Waals surface area contributed by atoms with Gasteiger partial charge in [-0.15, -0.1) is 0 Å². The van der Waals surface area contributed by atoms with E-state index in [-0.39, 0.29) is 35.3 Å². The molecule has 1 rings (SSSR count). The predicted octanol–water partition coefficient (Wildman–Crippen LogP) is 0.850. The van der Waals surface area contributed by atoms with E-state index in [0.717, 1.165) is 6.08 Å². The van der Waals surface area contributed by atoms with E-state index >= 15 is 0 Å². The Hall–Kier alpha value is -0.970. The van der Waals surface area contributed by atoms with Crippen molar-refractivity contribution in [1.82, 2.24) is 0 Å². The molecule has 2 N–H and O–H groups in total. The van der Waals surface area contributed by atoms with Gasteiger partial charge < -0.3 is 14.9 Å². The van der Waals surface area contributed by atoms with Crippen molar-refractivity contribution in [2.24, 2.45) is 0 Å². The van der Waals surface area contributed by atoms with Gasteiger partial charge in [0.1, 0.15) is 0 Å². The molecule has 0 heterocycles. The van der Waals surface area contributed by atoms with E-state index in [2.05, 4.69) is 0 Å². The normalized spacial score (nSPS) is 9.67. The second kappa shape index (κ2) is 6.50. The zero-order valence-corrected chi connectivity index (χ0v) is 7.60. The number of aliphatic carboxylic acids is 1. The number of methoxy groups -OCH3 is 1. The minimum atomic E-state index is -1.02. The fraction of sp³-hybridized carbons (Fsp3) is 0.100. The summed E-state index contributed by atoms with van der Waals surface area (Å²) in [6.45, 7) is 0. The summed E-state index contributed by atoms with van der Waals surface area (Å²) in [5, 5.41) is 17.6. The van der Waals surface area contributed by atoms with Crippen LogP contribution in [0.3, 0.4) is 0 Å². The number of phenolic OH excluding ortho intramolecular Hbond substituents is 1. The van der Waals surface area contributed by atoms with E-state index < -0.39 is 5.97 Å². The van der Waals surface area contributed by atoms with Crippen LogP contribution in [0, 0.1) is 0 Å². The summed E-state index contributed by atoms with van der Waals surface area (Å²) >= 11 is 0. The average Bonchev–Trinajstić information content (AvgIpc) is 2.16. The van der Waals surface area contributed by atoms with Crippen molar-refractivity contribution < 1.29 is 19.7 Å². The second-order valence-corrected chi connectivity index (χ2v) is 2.60. The molecule has 4 nitrogen and oxygen atoms in total. The Labute approximate surface area is 109 Å². The molecule has 76 valence electrons. The van der Waals surface area contributed by atoms with Gasteiger partial charge in [0.15, 0.2) is 11.5 Å². The molecule has 0 fully saturated rings. The van der Waals surface area contributed by atoms with Crippen molar-refractivity contribution in [2.75, 3.05) is 7.11 Å². The summed E-state index contributed by atoms with van der Waals surface area (Å²) in [6.07, 6.45) is 2.44. The number of carbonyl (C=O) groups is 1. The quantitative estimate of drug-likeness (QED) is 0.583. The van der Waals surface area contributed by atoms with Gasteiger partial charge in [0, 0.05) is 6.08 Å². The van der Waals surface area contributed by atoms with Crippen LogP contribution in [0.2, 0.25) is 0 Å². The molecule has 0 atom stereocenters. The Balaban J connectivity index is 0.00000196. The van der Waals surface area contributed by atoms with Gasteiger partial charge in [-0.25, -0.2) is 4.79 Å². The number of ether oxygens (including phenoxy) is 1. The molecule has 15 heavy (non-hydrogen) atoms. The van der Waals surface area contributed by atoms with Crippen LogP contribution in [0.4, 0.5) is 0 Å². The van der Waals surface area contributed by atoms with Crippen molar-refractivity contribution in [3.8, 4) is 11.5 Å². The van der Waals surface area contributed by atoms with Gasteiger partial charge in [0.25, 0.3) is 0 Å². The first-order valence-electron chi connectivity index (χ1n) is 3.91. The van der Waals surface area contributed by atoms with Crippen molar-refractivity contribution in [1.29, 1.82) is 0 Å². The first-order valence-corrected chi connectivity index (χ1v) is 3.91. The van der Waals surface area contributed by atoms with Crippen LogP contribution in [0.15, 0.2) is 24.3 Å². The molecule has 0 saturated heterocycles. The van der Waals surface area contributed by atoms with E-state index in [1.807, 2.05) is 0 Å². The Morgan fingerprint density at radius 2 is 2.13 bits per heavy atom. The summed E-state index contributed by atoms with van der Waals surface area (Å²) in [5.41, 5.74) is 0.655. The first-order chi connectivity index (χ1) is 6.63. The fourth-order valence-electron chi connectivity index (χ4n) is 0.965. The Kier molecular flexibility index (Phi) is 6.08. The molecule has 0 amide bonds. The molecule has 0 aromatic heterocycles. The zero-order valence-electron chi connectivity index (χ0n) is 7.60. The molecular weight excluding hydrogens is 207 g/mol. The molecule has 0 aliphatic rings. The number of carboxylic acid groups (broad SMARTS) is 1. The molecule has 0 bridgehead atoms. The van der Waals surface area contributed by atoms with Gasteiger partial charge in [-0.3, -0.25) is 0 Å². The van der Waals surface area contributed by atoms with Crippen LogP contribution in [0.1, 0.15) is 5.56 Å².